The number of aromatic nitrogens is 1. The van der Waals surface area contributed by atoms with E-state index in [1.807, 2.05) is 7.05 Å². The maximum absolute atomic E-state index is 3.18. The Labute approximate surface area is 90.9 Å². The summed E-state index contributed by atoms with van der Waals surface area (Å²) >= 11 is 0. The molecule has 0 bridgehead atoms. The van der Waals surface area contributed by atoms with Crippen molar-refractivity contribution < 1.29 is 0 Å². The minimum Gasteiger partial charge on any atom is -0.348 e. The third-order valence-corrected chi connectivity index (χ3v) is 2.84. The summed E-state index contributed by atoms with van der Waals surface area (Å²) in [5.41, 5.74) is 2.76. The van der Waals surface area contributed by atoms with Gasteiger partial charge < -0.3 is 9.88 Å². The summed E-state index contributed by atoms with van der Waals surface area (Å²) in [6.45, 7) is 4.26. The first-order chi connectivity index (χ1) is 7.35. The minimum atomic E-state index is 1.04. The van der Waals surface area contributed by atoms with Gasteiger partial charge in [0.1, 0.15) is 0 Å². The van der Waals surface area contributed by atoms with Gasteiger partial charge in [-0.25, -0.2) is 0 Å². The van der Waals surface area contributed by atoms with Crippen molar-refractivity contribution in [2.24, 2.45) is 0 Å². The molecule has 0 aliphatic rings. The maximum Gasteiger partial charge on any atom is 0.0482 e. The Kier molecular flexibility index (Phi) is 3.07. The number of nitrogens with zero attached hydrogens (tertiary/aromatic N) is 1. The molecule has 2 rings (SSSR count). The van der Waals surface area contributed by atoms with E-state index >= 15 is 0 Å². The summed E-state index contributed by atoms with van der Waals surface area (Å²) in [4.78, 5) is 0. The van der Waals surface area contributed by atoms with Crippen LogP contribution in [0.4, 0.5) is 0 Å². The molecule has 0 radical (unpaired) electrons. The van der Waals surface area contributed by atoms with Crippen molar-refractivity contribution in [1.29, 1.82) is 0 Å². The van der Waals surface area contributed by atoms with Gasteiger partial charge in [-0.2, -0.15) is 0 Å². The van der Waals surface area contributed by atoms with Gasteiger partial charge in [-0.15, -0.1) is 0 Å². The van der Waals surface area contributed by atoms with Gasteiger partial charge in [0, 0.05) is 18.3 Å². The van der Waals surface area contributed by atoms with E-state index in [9.17, 15) is 0 Å². The normalized spacial score (nSPS) is 11.1. The van der Waals surface area contributed by atoms with Crippen molar-refractivity contribution in [2.75, 3.05) is 13.6 Å². The van der Waals surface area contributed by atoms with E-state index in [1.165, 1.54) is 16.5 Å². The summed E-state index contributed by atoms with van der Waals surface area (Å²) in [6, 6.07) is 8.92. The fourth-order valence-corrected chi connectivity index (χ4v) is 1.93. The molecule has 0 fully saturated rings. The predicted octanol–water partition coefficient (Wildman–Crippen LogP) is 2.42. The van der Waals surface area contributed by atoms with Crippen molar-refractivity contribution >= 4 is 10.9 Å². The number of fused-ring (bicyclic) bond motifs is 1. The molecule has 0 aliphatic heterocycles. The zero-order chi connectivity index (χ0) is 10.7. The number of hydrogen-bond acceptors (Lipinski definition) is 1. The summed E-state index contributed by atoms with van der Waals surface area (Å²) in [6.07, 6.45) is 3.26. The van der Waals surface area contributed by atoms with Gasteiger partial charge in [0.2, 0.25) is 0 Å². The van der Waals surface area contributed by atoms with Crippen LogP contribution in [0.1, 0.15) is 12.5 Å². The first kappa shape index (κ1) is 10.2. The quantitative estimate of drug-likeness (QED) is 0.805. The second kappa shape index (κ2) is 4.49. The van der Waals surface area contributed by atoms with Crippen LogP contribution in [0.25, 0.3) is 10.9 Å². The lowest BCUT2D eigenvalue weighted by atomic mass is 10.1. The van der Waals surface area contributed by atoms with Gasteiger partial charge in [0.25, 0.3) is 0 Å². The number of benzene rings is 1. The first-order valence-electron chi connectivity index (χ1n) is 5.57. The van der Waals surface area contributed by atoms with Crippen LogP contribution in [0.15, 0.2) is 30.5 Å². The summed E-state index contributed by atoms with van der Waals surface area (Å²) in [7, 11) is 1.99. The monoisotopic (exact) mass is 202 g/mol. The molecular weight excluding hydrogens is 184 g/mol. The van der Waals surface area contributed by atoms with Crippen LogP contribution in [0, 0.1) is 0 Å². The Bertz CT molecular complexity index is 443. The van der Waals surface area contributed by atoms with Gasteiger partial charge in [-0.3, -0.25) is 0 Å². The second-order valence-corrected chi connectivity index (χ2v) is 3.85. The molecule has 2 heteroatoms. The van der Waals surface area contributed by atoms with Crippen LogP contribution >= 0.6 is 0 Å². The van der Waals surface area contributed by atoms with Crippen molar-refractivity contribution in [3.05, 3.63) is 36.0 Å². The summed E-state index contributed by atoms with van der Waals surface area (Å²) in [5, 5.41) is 4.52. The molecule has 0 aliphatic carbocycles. The number of aryl methyl sites for hydroxylation is 1. The van der Waals surface area contributed by atoms with E-state index in [0.717, 1.165) is 19.5 Å². The molecule has 0 saturated heterocycles. The highest BCUT2D eigenvalue weighted by Gasteiger charge is 2.00. The third-order valence-electron chi connectivity index (χ3n) is 2.84. The molecule has 2 aromatic rings. The average molecular weight is 202 g/mol. The van der Waals surface area contributed by atoms with Crippen LogP contribution in [-0.2, 0) is 13.0 Å². The van der Waals surface area contributed by atoms with E-state index < -0.39 is 0 Å². The van der Waals surface area contributed by atoms with Crippen LogP contribution in [0.2, 0.25) is 0 Å². The standard InChI is InChI=1S/C13H18N2/c1-3-15-9-7-12-5-4-11(6-8-14-2)10-13(12)15/h4-5,7,9-10,14H,3,6,8H2,1-2H3. The van der Waals surface area contributed by atoms with Crippen molar-refractivity contribution in [2.45, 2.75) is 19.9 Å². The van der Waals surface area contributed by atoms with Crippen molar-refractivity contribution in [3.8, 4) is 0 Å². The Morgan fingerprint density at radius 2 is 2.13 bits per heavy atom. The average Bonchev–Trinajstić information content (AvgIpc) is 2.68. The van der Waals surface area contributed by atoms with Gasteiger partial charge in [0.15, 0.2) is 0 Å². The van der Waals surface area contributed by atoms with E-state index in [4.69, 9.17) is 0 Å². The fourth-order valence-electron chi connectivity index (χ4n) is 1.93. The molecule has 0 spiro atoms. The second-order valence-electron chi connectivity index (χ2n) is 3.85. The Balaban J connectivity index is 2.35. The summed E-state index contributed by atoms with van der Waals surface area (Å²) in [5.74, 6) is 0. The predicted molar refractivity (Wildman–Crippen MR) is 65.2 cm³/mol. The first-order valence-corrected chi connectivity index (χ1v) is 5.57. The highest BCUT2D eigenvalue weighted by molar-refractivity contribution is 5.80. The van der Waals surface area contributed by atoms with Crippen molar-refractivity contribution in [3.63, 3.8) is 0 Å². The Hall–Kier alpha value is -1.28. The molecule has 0 amide bonds. The zero-order valence-electron chi connectivity index (χ0n) is 9.46. The molecule has 0 saturated carbocycles. The zero-order valence-corrected chi connectivity index (χ0v) is 9.46. The summed E-state index contributed by atoms with van der Waals surface area (Å²) < 4.78 is 2.29. The van der Waals surface area contributed by atoms with Gasteiger partial charge >= 0.3 is 0 Å². The fraction of sp³-hybridized carbons (Fsp3) is 0.385. The Morgan fingerprint density at radius 1 is 1.27 bits per heavy atom. The van der Waals surface area contributed by atoms with E-state index in [1.54, 1.807) is 0 Å². The third kappa shape index (κ3) is 2.05. The van der Waals surface area contributed by atoms with E-state index in [2.05, 4.69) is 47.3 Å². The lowest BCUT2D eigenvalue weighted by molar-refractivity contribution is 0.785. The molecular formula is C13H18N2. The largest absolute Gasteiger partial charge is 0.348 e. The Morgan fingerprint density at radius 3 is 2.87 bits per heavy atom. The van der Waals surface area contributed by atoms with Gasteiger partial charge in [0.05, 0.1) is 0 Å². The molecule has 1 heterocycles. The lowest BCUT2D eigenvalue weighted by Crippen LogP contribution is -2.10. The topological polar surface area (TPSA) is 17.0 Å². The molecule has 0 unspecified atom stereocenters. The molecule has 1 aromatic heterocycles. The van der Waals surface area contributed by atoms with Crippen LogP contribution in [0.5, 0.6) is 0 Å². The molecule has 15 heavy (non-hydrogen) atoms. The molecule has 0 atom stereocenters. The molecule has 80 valence electrons. The number of hydrogen-bond donors (Lipinski definition) is 1. The number of nitrogens with one attached hydrogen (secondary N) is 1. The maximum atomic E-state index is 3.18. The van der Waals surface area contributed by atoms with Crippen LogP contribution in [0.3, 0.4) is 0 Å². The smallest absolute Gasteiger partial charge is 0.0482 e. The molecule has 2 nitrogen and oxygen atoms in total. The number of rotatable bonds is 4. The van der Waals surface area contributed by atoms with Crippen LogP contribution < -0.4 is 5.32 Å². The van der Waals surface area contributed by atoms with Crippen LogP contribution in [-0.4, -0.2) is 18.2 Å². The lowest BCUT2D eigenvalue weighted by Gasteiger charge is -2.04. The van der Waals surface area contributed by atoms with Gasteiger partial charge in [-0.05, 0) is 50.0 Å². The number of likely N-dealkylation sites (N-methyl/N-ethyl adjacent to an activating group) is 1. The highest BCUT2D eigenvalue weighted by atomic mass is 14.9. The van der Waals surface area contributed by atoms with Gasteiger partial charge in [-0.1, -0.05) is 12.1 Å². The minimum absolute atomic E-state index is 1.04. The van der Waals surface area contributed by atoms with Crippen molar-refractivity contribution in [1.82, 2.24) is 9.88 Å². The molecule has 1 N–H and O–H groups in total. The van der Waals surface area contributed by atoms with E-state index in [-0.39, 0.29) is 0 Å². The SMILES string of the molecule is CCn1ccc2ccc(CCNC)cc21. The van der Waals surface area contributed by atoms with E-state index in [0.29, 0.717) is 0 Å². The highest BCUT2D eigenvalue weighted by Crippen LogP contribution is 2.17. The molecule has 1 aromatic carbocycles.